The zero-order valence-electron chi connectivity index (χ0n) is 20.2. The molecule has 0 radical (unpaired) electrons. The number of alkyl halides is 3. The number of nitrogens with zero attached hydrogens (tertiary/aromatic N) is 4. The third-order valence-corrected chi connectivity index (χ3v) is 7.95. The monoisotopic (exact) mass is 607 g/mol. The molecule has 0 bridgehead atoms. The molecule has 3 aromatic carbocycles. The van der Waals surface area contributed by atoms with Crippen molar-refractivity contribution < 1.29 is 21.6 Å². The summed E-state index contributed by atoms with van der Waals surface area (Å²) >= 11 is 12.1. The molecule has 0 fully saturated rings. The Morgan fingerprint density at radius 2 is 1.52 bits per heavy atom. The summed E-state index contributed by atoms with van der Waals surface area (Å²) < 4.78 is 68.7. The number of hydrogen-bond donors (Lipinski definition) is 1. The number of sulfonamides is 1. The maximum absolute atomic E-state index is 13.1. The first-order valence-electron chi connectivity index (χ1n) is 11.6. The van der Waals surface area contributed by atoms with E-state index in [1.165, 1.54) is 6.20 Å². The van der Waals surface area contributed by atoms with E-state index in [9.17, 15) is 26.4 Å². The molecule has 0 aliphatic rings. The van der Waals surface area contributed by atoms with Gasteiger partial charge in [0.05, 0.1) is 23.2 Å². The van der Waals surface area contributed by atoms with Gasteiger partial charge in [0.2, 0.25) is 10.0 Å². The molecule has 0 saturated heterocycles. The first-order valence-corrected chi connectivity index (χ1v) is 13.9. The zero-order valence-corrected chi connectivity index (χ0v) is 22.6. The molecule has 5 rings (SSSR count). The van der Waals surface area contributed by atoms with E-state index in [0.717, 1.165) is 33.0 Å². The van der Waals surface area contributed by atoms with Gasteiger partial charge in [0.25, 0.3) is 0 Å². The van der Waals surface area contributed by atoms with Gasteiger partial charge in [-0.15, -0.1) is 5.10 Å². The van der Waals surface area contributed by atoms with E-state index in [-0.39, 0.29) is 18.7 Å². The largest absolute Gasteiger partial charge is 0.416 e. The first-order chi connectivity index (χ1) is 18.9. The van der Waals surface area contributed by atoms with Crippen molar-refractivity contribution in [3.8, 4) is 22.3 Å². The van der Waals surface area contributed by atoms with Crippen LogP contribution in [0.5, 0.6) is 0 Å². The molecule has 0 aliphatic heterocycles. The lowest BCUT2D eigenvalue weighted by Gasteiger charge is -2.11. The van der Waals surface area contributed by atoms with Crippen molar-refractivity contribution in [1.82, 2.24) is 24.1 Å². The Morgan fingerprint density at radius 3 is 2.15 bits per heavy atom. The van der Waals surface area contributed by atoms with Crippen molar-refractivity contribution in [3.63, 3.8) is 0 Å². The lowest BCUT2D eigenvalue weighted by atomic mass is 9.97. The summed E-state index contributed by atoms with van der Waals surface area (Å²) in [5.41, 5.74) is 1.18. The highest BCUT2D eigenvalue weighted by molar-refractivity contribution is 7.89. The van der Waals surface area contributed by atoms with E-state index in [0.29, 0.717) is 32.8 Å². The van der Waals surface area contributed by atoms with Gasteiger partial charge in [-0.3, -0.25) is 0 Å². The van der Waals surface area contributed by atoms with Gasteiger partial charge in [-0.05, 0) is 53.6 Å². The van der Waals surface area contributed by atoms with Crippen LogP contribution in [0.1, 0.15) is 5.56 Å². The van der Waals surface area contributed by atoms with Crippen LogP contribution in [0.4, 0.5) is 13.2 Å². The van der Waals surface area contributed by atoms with E-state index in [1.807, 2.05) is 0 Å². The molecule has 1 N–H and O–H groups in total. The topological polar surface area (TPSA) is 98.4 Å². The van der Waals surface area contributed by atoms with E-state index >= 15 is 0 Å². The zero-order chi connectivity index (χ0) is 28.7. The van der Waals surface area contributed by atoms with Gasteiger partial charge >= 0.3 is 11.9 Å². The van der Waals surface area contributed by atoms with Crippen molar-refractivity contribution >= 4 is 38.9 Å². The minimum absolute atomic E-state index is 0.209. The molecule has 2 heterocycles. The second-order valence-corrected chi connectivity index (χ2v) is 11.3. The third-order valence-electron chi connectivity index (χ3n) is 5.99. The Balaban J connectivity index is 1.49. The van der Waals surface area contributed by atoms with E-state index < -0.39 is 32.3 Å². The predicted octanol–water partition coefficient (Wildman–Crippen LogP) is 5.53. The van der Waals surface area contributed by atoms with E-state index in [2.05, 4.69) is 14.9 Å². The number of aromatic nitrogens is 4. The van der Waals surface area contributed by atoms with Crippen molar-refractivity contribution in [2.75, 3.05) is 6.54 Å². The van der Waals surface area contributed by atoms with Gasteiger partial charge in [-0.2, -0.15) is 22.8 Å². The molecular formula is C26H18Cl2F3N5O3S. The molecule has 0 amide bonds. The molecule has 206 valence electrons. The number of halogens is 5. The molecule has 40 heavy (non-hydrogen) atoms. The lowest BCUT2D eigenvalue weighted by molar-refractivity contribution is -0.137. The SMILES string of the molecule is O=c1n(CCNS(=O)(=O)c2cccc(C(F)(F)F)c2)nc2c(-c3ccc(Cl)cc3)c(-c3ccc(Cl)cc3)cnn12. The van der Waals surface area contributed by atoms with Crippen LogP contribution in [0, 0.1) is 0 Å². The lowest BCUT2D eigenvalue weighted by Crippen LogP contribution is -2.31. The van der Waals surface area contributed by atoms with Crippen molar-refractivity contribution in [3.05, 3.63) is 105 Å². The highest BCUT2D eigenvalue weighted by Crippen LogP contribution is 2.35. The fourth-order valence-corrected chi connectivity index (χ4v) is 5.38. The molecule has 5 aromatic rings. The summed E-state index contributed by atoms with van der Waals surface area (Å²) in [6.07, 6.45) is -3.18. The number of rotatable bonds is 7. The van der Waals surface area contributed by atoms with Crippen LogP contribution in [-0.4, -0.2) is 34.4 Å². The van der Waals surface area contributed by atoms with Crippen molar-refractivity contribution in [2.45, 2.75) is 17.6 Å². The van der Waals surface area contributed by atoms with Crippen LogP contribution >= 0.6 is 23.2 Å². The van der Waals surface area contributed by atoms with Crippen LogP contribution < -0.4 is 10.4 Å². The molecule has 0 aliphatic carbocycles. The van der Waals surface area contributed by atoms with Gasteiger partial charge in [0, 0.05) is 27.7 Å². The Morgan fingerprint density at radius 1 is 0.900 bits per heavy atom. The molecule has 8 nitrogen and oxygen atoms in total. The highest BCUT2D eigenvalue weighted by atomic mass is 35.5. The minimum Gasteiger partial charge on any atom is -0.244 e. The standard InChI is InChI=1S/C26H18Cl2F3N5O3S/c27-19-8-4-16(5-9-19)22-15-32-36-24(23(22)17-6-10-20(28)11-7-17)34-35(25(36)37)13-12-33-40(38,39)21-3-1-2-18(14-21)26(29,30)31/h1-11,14-15,33H,12-13H2. The Bertz CT molecular complexity index is 1870. The minimum atomic E-state index is -4.70. The normalized spacial score (nSPS) is 12.2. The molecule has 0 unspecified atom stereocenters. The maximum Gasteiger partial charge on any atom is 0.416 e. The number of fused-ring (bicyclic) bond motifs is 1. The fourth-order valence-electron chi connectivity index (χ4n) is 4.06. The summed E-state index contributed by atoms with van der Waals surface area (Å²) in [5, 5.41) is 9.73. The van der Waals surface area contributed by atoms with Crippen LogP contribution in [-0.2, 0) is 22.7 Å². The molecule has 2 aromatic heterocycles. The highest BCUT2D eigenvalue weighted by Gasteiger charge is 2.31. The summed E-state index contributed by atoms with van der Waals surface area (Å²) in [4.78, 5) is 12.5. The number of benzene rings is 3. The number of hydrogen-bond acceptors (Lipinski definition) is 5. The fraction of sp³-hybridized carbons (Fsp3) is 0.115. The van der Waals surface area contributed by atoms with E-state index in [4.69, 9.17) is 23.2 Å². The van der Waals surface area contributed by atoms with Crippen LogP contribution in [0.25, 0.3) is 27.9 Å². The molecular weight excluding hydrogens is 590 g/mol. The summed E-state index contributed by atoms with van der Waals surface area (Å²) in [6.45, 7) is -0.528. The Kier molecular flexibility index (Phi) is 7.44. The third kappa shape index (κ3) is 5.61. The Labute approximate surface area is 235 Å². The average molecular weight is 608 g/mol. The smallest absolute Gasteiger partial charge is 0.244 e. The van der Waals surface area contributed by atoms with Gasteiger partial charge in [-0.1, -0.05) is 53.5 Å². The van der Waals surface area contributed by atoms with Gasteiger partial charge in [0.1, 0.15) is 0 Å². The number of nitrogens with one attached hydrogen (secondary N) is 1. The van der Waals surface area contributed by atoms with Crippen LogP contribution in [0.15, 0.2) is 88.7 Å². The van der Waals surface area contributed by atoms with E-state index in [1.54, 1.807) is 48.5 Å². The molecule has 0 atom stereocenters. The summed E-state index contributed by atoms with van der Waals surface area (Å²) in [7, 11) is -4.30. The molecule has 0 spiro atoms. The van der Waals surface area contributed by atoms with Crippen molar-refractivity contribution in [2.24, 2.45) is 0 Å². The van der Waals surface area contributed by atoms with Gasteiger partial charge in [0.15, 0.2) is 5.65 Å². The van der Waals surface area contributed by atoms with Crippen LogP contribution in [0.2, 0.25) is 10.0 Å². The van der Waals surface area contributed by atoms with Gasteiger partial charge in [-0.25, -0.2) is 22.6 Å². The summed E-state index contributed by atoms with van der Waals surface area (Å²) in [5.74, 6) is 0. The summed E-state index contributed by atoms with van der Waals surface area (Å²) in [6, 6.07) is 17.3. The molecule has 0 saturated carbocycles. The van der Waals surface area contributed by atoms with Crippen LogP contribution in [0.3, 0.4) is 0 Å². The van der Waals surface area contributed by atoms with Gasteiger partial charge < -0.3 is 0 Å². The second kappa shape index (κ2) is 10.7. The first kappa shape index (κ1) is 27.8. The molecule has 14 heteroatoms. The Hall–Kier alpha value is -3.71. The van der Waals surface area contributed by atoms with Crippen molar-refractivity contribution in [1.29, 1.82) is 0 Å². The quantitative estimate of drug-likeness (QED) is 0.262. The maximum atomic E-state index is 13.1. The predicted molar refractivity (Wildman–Crippen MR) is 145 cm³/mol. The second-order valence-electron chi connectivity index (χ2n) is 8.61. The average Bonchev–Trinajstić information content (AvgIpc) is 3.24.